The Morgan fingerprint density at radius 3 is 2.88 bits per heavy atom. The number of hydrogen-bond acceptors (Lipinski definition) is 4. The Balaban J connectivity index is 2.27. The Morgan fingerprint density at radius 1 is 1.44 bits per heavy atom. The SMILES string of the molecule is O=C(O)NC(=O)c1ccc2c(c1)B(O)OC2. The largest absolute Gasteiger partial charge is 0.491 e. The highest BCUT2D eigenvalue weighted by atomic mass is 16.5. The second-order valence-corrected chi connectivity index (χ2v) is 3.34. The number of fused-ring (bicyclic) bond motifs is 1. The number of carboxylic acid groups (broad SMARTS) is 1. The van der Waals surface area contributed by atoms with Crippen LogP contribution in [0.5, 0.6) is 0 Å². The van der Waals surface area contributed by atoms with Gasteiger partial charge in [-0.05, 0) is 23.2 Å². The highest BCUT2D eigenvalue weighted by molar-refractivity contribution is 6.61. The molecule has 1 aliphatic rings. The zero-order valence-electron chi connectivity index (χ0n) is 8.14. The van der Waals surface area contributed by atoms with Gasteiger partial charge in [0.15, 0.2) is 0 Å². The van der Waals surface area contributed by atoms with Crippen molar-refractivity contribution in [3.05, 3.63) is 29.3 Å². The van der Waals surface area contributed by atoms with Crippen molar-refractivity contribution in [2.45, 2.75) is 6.61 Å². The molecule has 0 saturated carbocycles. The molecule has 1 heterocycles. The van der Waals surface area contributed by atoms with Crippen LogP contribution in [0, 0.1) is 0 Å². The molecule has 2 rings (SSSR count). The van der Waals surface area contributed by atoms with E-state index in [1.807, 2.05) is 0 Å². The molecule has 1 aromatic rings. The van der Waals surface area contributed by atoms with E-state index in [1.165, 1.54) is 12.1 Å². The lowest BCUT2D eigenvalue weighted by molar-refractivity contribution is 0.0948. The van der Waals surface area contributed by atoms with Crippen LogP contribution >= 0.6 is 0 Å². The molecule has 82 valence electrons. The Morgan fingerprint density at radius 2 is 2.19 bits per heavy atom. The molecule has 0 saturated heterocycles. The average Bonchev–Trinajstić information content (AvgIpc) is 2.59. The Kier molecular flexibility index (Phi) is 2.63. The van der Waals surface area contributed by atoms with Gasteiger partial charge in [0.05, 0.1) is 6.61 Å². The van der Waals surface area contributed by atoms with Crippen molar-refractivity contribution in [2.75, 3.05) is 0 Å². The average molecular weight is 221 g/mol. The summed E-state index contributed by atoms with van der Waals surface area (Å²) in [5, 5.41) is 19.5. The van der Waals surface area contributed by atoms with Crippen molar-refractivity contribution in [2.24, 2.45) is 0 Å². The van der Waals surface area contributed by atoms with Gasteiger partial charge in [0.2, 0.25) is 0 Å². The van der Waals surface area contributed by atoms with Crippen LogP contribution in [-0.2, 0) is 11.3 Å². The topological polar surface area (TPSA) is 95.9 Å². The third-order valence-corrected chi connectivity index (χ3v) is 2.29. The van der Waals surface area contributed by atoms with Crippen LogP contribution in [0.25, 0.3) is 0 Å². The first-order valence-corrected chi connectivity index (χ1v) is 4.54. The molecule has 7 heteroatoms. The zero-order chi connectivity index (χ0) is 11.7. The standard InChI is InChI=1S/C9H8BNO5/c12-8(11-9(13)14)5-1-2-6-4-16-10(15)7(6)3-5/h1-3,15H,4H2,(H,11,12)(H,13,14). The van der Waals surface area contributed by atoms with Crippen LogP contribution in [0.15, 0.2) is 18.2 Å². The molecule has 0 unspecified atom stereocenters. The van der Waals surface area contributed by atoms with Crippen LogP contribution in [0.2, 0.25) is 0 Å². The molecule has 0 atom stereocenters. The summed E-state index contributed by atoms with van der Waals surface area (Å²) in [4.78, 5) is 21.6. The van der Waals surface area contributed by atoms with E-state index in [1.54, 1.807) is 11.4 Å². The highest BCUT2D eigenvalue weighted by Crippen LogP contribution is 2.11. The van der Waals surface area contributed by atoms with Crippen LogP contribution in [0.3, 0.4) is 0 Å². The van der Waals surface area contributed by atoms with Crippen LogP contribution in [0.4, 0.5) is 4.79 Å². The van der Waals surface area contributed by atoms with Gasteiger partial charge in [-0.2, -0.15) is 0 Å². The molecule has 6 nitrogen and oxygen atoms in total. The molecule has 1 aromatic carbocycles. The van der Waals surface area contributed by atoms with Gasteiger partial charge in [-0.15, -0.1) is 0 Å². The molecular weight excluding hydrogens is 213 g/mol. The monoisotopic (exact) mass is 221 g/mol. The van der Waals surface area contributed by atoms with Crippen LogP contribution < -0.4 is 10.8 Å². The van der Waals surface area contributed by atoms with Crippen molar-refractivity contribution < 1.29 is 24.4 Å². The number of imide groups is 1. The number of hydrogen-bond donors (Lipinski definition) is 3. The summed E-state index contributed by atoms with van der Waals surface area (Å²) in [6, 6.07) is 4.53. The molecule has 0 spiro atoms. The summed E-state index contributed by atoms with van der Waals surface area (Å²) in [5.74, 6) is -0.727. The van der Waals surface area contributed by atoms with Crippen LogP contribution in [-0.4, -0.2) is 29.2 Å². The van der Waals surface area contributed by atoms with Crippen molar-refractivity contribution >= 4 is 24.6 Å². The van der Waals surface area contributed by atoms with E-state index in [2.05, 4.69) is 0 Å². The van der Waals surface area contributed by atoms with E-state index >= 15 is 0 Å². The van der Waals surface area contributed by atoms with E-state index < -0.39 is 19.1 Å². The maximum atomic E-state index is 11.3. The van der Waals surface area contributed by atoms with Crippen molar-refractivity contribution in [1.29, 1.82) is 0 Å². The minimum atomic E-state index is -1.41. The van der Waals surface area contributed by atoms with Gasteiger partial charge in [0, 0.05) is 5.56 Å². The molecule has 2 amide bonds. The molecule has 0 fully saturated rings. The zero-order valence-corrected chi connectivity index (χ0v) is 8.14. The van der Waals surface area contributed by atoms with E-state index in [0.717, 1.165) is 5.56 Å². The van der Waals surface area contributed by atoms with Crippen molar-refractivity contribution in [3.63, 3.8) is 0 Å². The quantitative estimate of drug-likeness (QED) is 0.545. The lowest BCUT2D eigenvalue weighted by Gasteiger charge is -2.03. The summed E-state index contributed by atoms with van der Waals surface area (Å²) >= 11 is 0. The summed E-state index contributed by atoms with van der Waals surface area (Å²) in [6.07, 6.45) is -1.41. The smallest absolute Gasteiger partial charge is 0.465 e. The number of carbonyl (C=O) groups excluding carboxylic acids is 1. The van der Waals surface area contributed by atoms with Gasteiger partial charge >= 0.3 is 13.2 Å². The molecule has 3 N–H and O–H groups in total. The number of rotatable bonds is 1. The minimum absolute atomic E-state index is 0.172. The molecule has 0 aromatic heterocycles. The Bertz CT molecular complexity index is 461. The third kappa shape index (κ3) is 1.90. The first-order valence-electron chi connectivity index (χ1n) is 4.54. The van der Waals surface area contributed by atoms with Crippen LogP contribution in [0.1, 0.15) is 15.9 Å². The molecule has 0 bridgehead atoms. The molecule has 16 heavy (non-hydrogen) atoms. The van der Waals surface area contributed by atoms with Gasteiger partial charge in [-0.3, -0.25) is 10.1 Å². The summed E-state index contributed by atoms with van der Waals surface area (Å²) in [6.45, 7) is 0.289. The Labute approximate surface area is 91.0 Å². The second kappa shape index (κ2) is 3.95. The second-order valence-electron chi connectivity index (χ2n) is 3.34. The van der Waals surface area contributed by atoms with E-state index in [9.17, 15) is 14.6 Å². The fourth-order valence-corrected chi connectivity index (χ4v) is 1.53. The third-order valence-electron chi connectivity index (χ3n) is 2.29. The Hall–Kier alpha value is -1.86. The number of nitrogens with one attached hydrogen (secondary N) is 1. The highest BCUT2D eigenvalue weighted by Gasteiger charge is 2.28. The van der Waals surface area contributed by atoms with Crippen molar-refractivity contribution in [1.82, 2.24) is 5.32 Å². The molecule has 0 radical (unpaired) electrons. The fourth-order valence-electron chi connectivity index (χ4n) is 1.53. The summed E-state index contributed by atoms with van der Waals surface area (Å²) in [5.41, 5.74) is 1.46. The van der Waals surface area contributed by atoms with Gasteiger partial charge < -0.3 is 14.8 Å². The lowest BCUT2D eigenvalue weighted by atomic mass is 9.79. The lowest BCUT2D eigenvalue weighted by Crippen LogP contribution is -2.32. The maximum absolute atomic E-state index is 11.3. The number of benzene rings is 1. The van der Waals surface area contributed by atoms with Gasteiger partial charge in [-0.25, -0.2) is 4.79 Å². The minimum Gasteiger partial charge on any atom is -0.465 e. The van der Waals surface area contributed by atoms with E-state index in [0.29, 0.717) is 5.46 Å². The number of carbonyl (C=O) groups is 2. The summed E-state index contributed by atoms with van der Waals surface area (Å²) < 4.78 is 4.95. The van der Waals surface area contributed by atoms with Gasteiger partial charge in [0.25, 0.3) is 5.91 Å². The summed E-state index contributed by atoms with van der Waals surface area (Å²) in [7, 11) is -1.05. The van der Waals surface area contributed by atoms with E-state index in [4.69, 9.17) is 9.76 Å². The van der Waals surface area contributed by atoms with E-state index in [-0.39, 0.29) is 12.2 Å². The fraction of sp³-hybridized carbons (Fsp3) is 0.111. The predicted octanol–water partition coefficient (Wildman–Crippen LogP) is -0.688. The molecule has 0 aliphatic carbocycles. The van der Waals surface area contributed by atoms with Gasteiger partial charge in [-0.1, -0.05) is 6.07 Å². The first kappa shape index (κ1) is 10.7. The number of amides is 2. The molecule has 1 aliphatic heterocycles. The predicted molar refractivity (Wildman–Crippen MR) is 54.3 cm³/mol. The normalized spacial score (nSPS) is 13.4. The van der Waals surface area contributed by atoms with Gasteiger partial charge in [0.1, 0.15) is 0 Å². The van der Waals surface area contributed by atoms with Crippen molar-refractivity contribution in [3.8, 4) is 0 Å². The first-order chi connectivity index (χ1) is 7.58. The molecular formula is C9H8BNO5. The maximum Gasteiger partial charge on any atom is 0.491 e.